The lowest BCUT2D eigenvalue weighted by atomic mass is 10.3. The average molecular weight is 528 g/mol. The van der Waals surface area contributed by atoms with E-state index in [1.807, 2.05) is 19.2 Å². The molecule has 0 atom stereocenters. The van der Waals surface area contributed by atoms with Crippen molar-refractivity contribution in [1.29, 1.82) is 0 Å². The molecule has 2 aromatic rings. The molecule has 0 aliphatic heterocycles. The first-order valence-corrected chi connectivity index (χ1v) is 9.05. The maximum Gasteiger partial charge on any atom is 0.194 e. The van der Waals surface area contributed by atoms with Gasteiger partial charge in [-0.05, 0) is 40.2 Å². The molecular weight excluding hydrogens is 505 g/mol. The van der Waals surface area contributed by atoms with E-state index in [-0.39, 0.29) is 24.0 Å². The second-order valence-corrected chi connectivity index (χ2v) is 7.56. The monoisotopic (exact) mass is 527 g/mol. The third-order valence-corrected chi connectivity index (χ3v) is 4.78. The summed E-state index contributed by atoms with van der Waals surface area (Å²) in [6.07, 6.45) is 2.53. The largest absolute Gasteiger partial charge is 0.469 e. The second-order valence-electron chi connectivity index (χ2n) is 5.02. The fourth-order valence-electron chi connectivity index (χ4n) is 2.05. The van der Waals surface area contributed by atoms with Crippen LogP contribution in [0.15, 0.2) is 43.7 Å². The number of methoxy groups -OCH3 is 1. The van der Waals surface area contributed by atoms with E-state index in [0.29, 0.717) is 13.2 Å². The van der Waals surface area contributed by atoms with Crippen molar-refractivity contribution in [3.8, 4) is 0 Å². The molecule has 0 fully saturated rings. The smallest absolute Gasteiger partial charge is 0.194 e. The minimum atomic E-state index is 0. The summed E-state index contributed by atoms with van der Waals surface area (Å²) >= 11 is 5.24. The molecule has 24 heavy (non-hydrogen) atoms. The number of hydrogen-bond acceptors (Lipinski definition) is 4. The van der Waals surface area contributed by atoms with E-state index < -0.39 is 0 Å². The van der Waals surface area contributed by atoms with Crippen LogP contribution in [0, 0.1) is 0 Å². The summed E-state index contributed by atoms with van der Waals surface area (Å²) in [5, 5.41) is 3.40. The zero-order chi connectivity index (χ0) is 16.5. The highest BCUT2D eigenvalue weighted by molar-refractivity contribution is 14.0. The van der Waals surface area contributed by atoms with E-state index in [9.17, 15) is 0 Å². The summed E-state index contributed by atoms with van der Waals surface area (Å²) < 4.78 is 11.6. The normalized spacial score (nSPS) is 11.2. The highest BCUT2D eigenvalue weighted by Gasteiger charge is 2.09. The first kappa shape index (κ1) is 21.5. The van der Waals surface area contributed by atoms with Gasteiger partial charge in [-0.1, -0.05) is 0 Å². The lowest BCUT2D eigenvalue weighted by Gasteiger charge is -2.22. The van der Waals surface area contributed by atoms with Crippen LogP contribution in [0.25, 0.3) is 0 Å². The zero-order valence-corrected chi connectivity index (χ0v) is 18.6. The second kappa shape index (κ2) is 11.9. The summed E-state index contributed by atoms with van der Waals surface area (Å²) in [5.41, 5.74) is 0. The standard InChI is InChI=1S/C16H22BrN3O2S.HI/c1-20(12-14-5-6-15(17)23-14)16(19-9-11-21-2)18-8-7-13-4-3-10-22-13;/h3-6,10H,7-9,11-12H2,1-2H3,(H,18,19);1H. The Kier molecular flexibility index (Phi) is 10.6. The van der Waals surface area contributed by atoms with E-state index >= 15 is 0 Å². The van der Waals surface area contributed by atoms with Gasteiger partial charge in [0.2, 0.25) is 0 Å². The van der Waals surface area contributed by atoms with Crippen LogP contribution in [0.4, 0.5) is 0 Å². The fraction of sp³-hybridized carbons (Fsp3) is 0.438. The van der Waals surface area contributed by atoms with E-state index in [1.165, 1.54) is 4.88 Å². The van der Waals surface area contributed by atoms with Gasteiger partial charge in [-0.2, -0.15) is 0 Å². The molecule has 0 aromatic carbocycles. The van der Waals surface area contributed by atoms with Gasteiger partial charge in [0.1, 0.15) is 5.76 Å². The summed E-state index contributed by atoms with van der Waals surface area (Å²) in [6.45, 7) is 2.84. The highest BCUT2D eigenvalue weighted by atomic mass is 127. The molecule has 0 aliphatic rings. The number of nitrogens with one attached hydrogen (secondary N) is 1. The SMILES string of the molecule is COCCN=C(NCCc1ccco1)N(C)Cc1ccc(Br)s1.I. The quantitative estimate of drug-likeness (QED) is 0.244. The van der Waals surface area contributed by atoms with Crippen molar-refractivity contribution >= 4 is 57.2 Å². The number of halogens is 2. The minimum absolute atomic E-state index is 0. The van der Waals surface area contributed by atoms with Gasteiger partial charge in [-0.3, -0.25) is 4.99 Å². The molecule has 0 saturated heterocycles. The van der Waals surface area contributed by atoms with Gasteiger partial charge < -0.3 is 19.4 Å². The van der Waals surface area contributed by atoms with Crippen molar-refractivity contribution in [1.82, 2.24) is 10.2 Å². The minimum Gasteiger partial charge on any atom is -0.469 e. The van der Waals surface area contributed by atoms with Crippen molar-refractivity contribution in [2.45, 2.75) is 13.0 Å². The van der Waals surface area contributed by atoms with E-state index in [2.05, 4.69) is 43.3 Å². The number of rotatable bonds is 8. The zero-order valence-electron chi connectivity index (χ0n) is 13.8. The van der Waals surface area contributed by atoms with Crippen LogP contribution in [-0.2, 0) is 17.7 Å². The van der Waals surface area contributed by atoms with Crippen LogP contribution in [0.1, 0.15) is 10.6 Å². The van der Waals surface area contributed by atoms with Crippen LogP contribution in [-0.4, -0.2) is 44.7 Å². The average Bonchev–Trinajstić information content (AvgIpc) is 3.17. The Morgan fingerprint density at radius 2 is 2.25 bits per heavy atom. The molecule has 0 saturated carbocycles. The Labute approximate surface area is 172 Å². The Morgan fingerprint density at radius 1 is 1.42 bits per heavy atom. The van der Waals surface area contributed by atoms with Gasteiger partial charge in [0, 0.05) is 32.0 Å². The topological polar surface area (TPSA) is 50.0 Å². The first-order chi connectivity index (χ1) is 11.2. The van der Waals surface area contributed by atoms with Crippen LogP contribution < -0.4 is 5.32 Å². The Hall–Kier alpha value is -0.580. The van der Waals surface area contributed by atoms with E-state index in [0.717, 1.165) is 35.0 Å². The third-order valence-electron chi connectivity index (χ3n) is 3.18. The maximum atomic E-state index is 5.36. The first-order valence-electron chi connectivity index (χ1n) is 7.44. The third kappa shape index (κ3) is 7.54. The number of thiophene rings is 1. The molecule has 134 valence electrons. The molecule has 1 N–H and O–H groups in total. The van der Waals surface area contributed by atoms with Crippen LogP contribution in [0.5, 0.6) is 0 Å². The van der Waals surface area contributed by atoms with Crippen molar-refractivity contribution in [2.75, 3.05) is 33.9 Å². The Morgan fingerprint density at radius 3 is 2.88 bits per heavy atom. The van der Waals surface area contributed by atoms with Crippen molar-refractivity contribution in [3.05, 3.63) is 45.0 Å². The van der Waals surface area contributed by atoms with Gasteiger partial charge in [0.25, 0.3) is 0 Å². The summed E-state index contributed by atoms with van der Waals surface area (Å²) in [6, 6.07) is 8.08. The maximum absolute atomic E-state index is 5.36. The lowest BCUT2D eigenvalue weighted by molar-refractivity contribution is 0.207. The van der Waals surface area contributed by atoms with Gasteiger partial charge in [0.15, 0.2) is 5.96 Å². The molecule has 2 rings (SSSR count). The van der Waals surface area contributed by atoms with Gasteiger partial charge >= 0.3 is 0 Å². The summed E-state index contributed by atoms with van der Waals surface area (Å²) in [5.74, 6) is 1.84. The fourth-order valence-corrected chi connectivity index (χ4v) is 3.59. The molecule has 2 aromatic heterocycles. The van der Waals surface area contributed by atoms with Crippen LogP contribution in [0.2, 0.25) is 0 Å². The lowest BCUT2D eigenvalue weighted by Crippen LogP contribution is -2.39. The van der Waals surface area contributed by atoms with Gasteiger partial charge in [-0.15, -0.1) is 35.3 Å². The van der Waals surface area contributed by atoms with Crippen molar-refractivity contribution in [2.24, 2.45) is 4.99 Å². The van der Waals surface area contributed by atoms with Crippen molar-refractivity contribution < 1.29 is 9.15 Å². The predicted molar refractivity (Wildman–Crippen MR) is 113 cm³/mol. The summed E-state index contributed by atoms with van der Waals surface area (Å²) in [4.78, 5) is 8.01. The number of guanidine groups is 1. The molecule has 0 bridgehead atoms. The summed E-state index contributed by atoms with van der Waals surface area (Å²) in [7, 11) is 3.73. The Bertz CT molecular complexity index is 604. The van der Waals surface area contributed by atoms with Crippen LogP contribution >= 0.6 is 51.2 Å². The number of furan rings is 1. The molecule has 0 aliphatic carbocycles. The Balaban J connectivity index is 0.00000288. The predicted octanol–water partition coefficient (Wildman–Crippen LogP) is 3.99. The molecule has 5 nitrogen and oxygen atoms in total. The molecule has 0 radical (unpaired) electrons. The van der Waals surface area contributed by atoms with Gasteiger partial charge in [0.05, 0.1) is 29.7 Å². The highest BCUT2D eigenvalue weighted by Crippen LogP contribution is 2.22. The number of hydrogen-bond donors (Lipinski definition) is 1. The van der Waals surface area contributed by atoms with Gasteiger partial charge in [-0.25, -0.2) is 0 Å². The van der Waals surface area contributed by atoms with Crippen LogP contribution in [0.3, 0.4) is 0 Å². The molecule has 8 heteroatoms. The molecule has 0 unspecified atom stereocenters. The molecule has 2 heterocycles. The van der Waals surface area contributed by atoms with Crippen molar-refractivity contribution in [3.63, 3.8) is 0 Å². The molecule has 0 spiro atoms. The number of aliphatic imine (C=N–C) groups is 1. The number of ether oxygens (including phenoxy) is 1. The van der Waals surface area contributed by atoms with E-state index in [1.54, 1.807) is 24.7 Å². The van der Waals surface area contributed by atoms with E-state index in [4.69, 9.17) is 9.15 Å². The molecular formula is C16H23BrIN3O2S. The molecule has 0 amide bonds. The number of nitrogens with zero attached hydrogens (tertiary/aromatic N) is 2.